The molecule has 0 spiro atoms. The molecule has 210 valence electrons. The van der Waals surface area contributed by atoms with Crippen LogP contribution in [0.15, 0.2) is 54.6 Å². The summed E-state index contributed by atoms with van der Waals surface area (Å²) < 4.78 is 85.3. The number of thiazole rings is 1. The smallest absolute Gasteiger partial charge is 0.417 e. The zero-order chi connectivity index (χ0) is 29.5. The molecule has 0 unspecified atom stereocenters. The third-order valence-corrected chi connectivity index (χ3v) is 7.03. The number of anilines is 2. The van der Waals surface area contributed by atoms with Crippen molar-refractivity contribution in [2.45, 2.75) is 25.2 Å². The number of rotatable bonds is 6. The predicted molar refractivity (Wildman–Crippen MR) is 137 cm³/mol. The molecule has 4 aromatic rings. The number of carbonyl (C=O) groups excluding carboxylic acids is 2. The summed E-state index contributed by atoms with van der Waals surface area (Å²) in [6.45, 7) is 0. The molecule has 1 fully saturated rings. The molecule has 1 heterocycles. The van der Waals surface area contributed by atoms with Crippen molar-refractivity contribution < 1.29 is 40.7 Å². The Balaban J connectivity index is 1.36. The molecule has 1 aromatic heterocycles. The molecule has 0 radical (unpaired) electrons. The number of halogens is 6. The van der Waals surface area contributed by atoms with Gasteiger partial charge in [0.2, 0.25) is 5.91 Å². The van der Waals surface area contributed by atoms with E-state index >= 15 is 0 Å². The molecule has 5 rings (SSSR count). The first-order valence-corrected chi connectivity index (χ1v) is 12.7. The number of nitriles is 1. The van der Waals surface area contributed by atoms with Crippen LogP contribution in [0.25, 0.3) is 10.2 Å². The number of benzene rings is 3. The molecule has 2 amide bonds. The highest BCUT2D eigenvalue weighted by Gasteiger charge is 2.43. The maximum atomic E-state index is 13.3. The maximum Gasteiger partial charge on any atom is 0.417 e. The summed E-state index contributed by atoms with van der Waals surface area (Å²) in [4.78, 5) is 29.0. The summed E-state index contributed by atoms with van der Waals surface area (Å²) >= 11 is 1.11. The monoisotopic (exact) mass is 590 g/mol. The number of nitrogens with one attached hydrogen (secondary N) is 2. The van der Waals surface area contributed by atoms with Crippen LogP contribution >= 0.6 is 11.3 Å². The van der Waals surface area contributed by atoms with E-state index in [1.165, 1.54) is 30.3 Å². The fraction of sp³-hybridized carbons (Fsp3) is 0.185. The highest BCUT2D eigenvalue weighted by atomic mass is 32.1. The lowest BCUT2D eigenvalue weighted by molar-refractivity contribution is -0.162. The van der Waals surface area contributed by atoms with Gasteiger partial charge in [-0.25, -0.2) is 4.98 Å². The van der Waals surface area contributed by atoms with Crippen LogP contribution in [-0.2, 0) is 17.1 Å². The van der Waals surface area contributed by atoms with Gasteiger partial charge in [0, 0.05) is 23.2 Å². The van der Waals surface area contributed by atoms with Crippen LogP contribution in [0, 0.1) is 17.2 Å². The van der Waals surface area contributed by atoms with Crippen molar-refractivity contribution in [3.8, 4) is 17.6 Å². The van der Waals surface area contributed by atoms with E-state index in [0.29, 0.717) is 21.4 Å². The Kier molecular flexibility index (Phi) is 7.08. The van der Waals surface area contributed by atoms with Crippen LogP contribution in [0.5, 0.6) is 11.5 Å². The van der Waals surface area contributed by atoms with E-state index in [1.807, 2.05) is 0 Å². The van der Waals surface area contributed by atoms with E-state index in [4.69, 9.17) is 4.74 Å². The van der Waals surface area contributed by atoms with Gasteiger partial charge in [-0.15, -0.1) is 0 Å². The van der Waals surface area contributed by atoms with Crippen LogP contribution < -0.4 is 15.4 Å². The van der Waals surface area contributed by atoms with Crippen LogP contribution in [0.4, 0.5) is 37.2 Å². The Morgan fingerprint density at radius 3 is 2.34 bits per heavy atom. The van der Waals surface area contributed by atoms with Crippen molar-refractivity contribution in [2.75, 3.05) is 10.6 Å². The van der Waals surface area contributed by atoms with E-state index in [-0.39, 0.29) is 46.7 Å². The van der Waals surface area contributed by atoms with E-state index in [9.17, 15) is 41.2 Å². The van der Waals surface area contributed by atoms with Crippen LogP contribution in [0.1, 0.15) is 39.9 Å². The number of carbonyl (C=O) groups is 2. The molecule has 1 aliphatic rings. The minimum atomic E-state index is -5.34. The summed E-state index contributed by atoms with van der Waals surface area (Å²) in [5.74, 6) is -0.955. The SMILES string of the molecule is N#Cc1c(Oc2cccc(NC(=O)c3ccc(C(F)(F)F)c(C(F)(F)F)c3)c2)ccc2nc(NC(=O)C3CC3)sc12. The van der Waals surface area contributed by atoms with E-state index in [0.717, 1.165) is 24.2 Å². The predicted octanol–water partition coefficient (Wildman–Crippen LogP) is 7.60. The van der Waals surface area contributed by atoms with Gasteiger partial charge in [0.1, 0.15) is 23.1 Å². The Morgan fingerprint density at radius 1 is 0.951 bits per heavy atom. The minimum absolute atomic E-state index is 0.0324. The number of amides is 2. The second-order valence-electron chi connectivity index (χ2n) is 9.02. The van der Waals surface area contributed by atoms with Crippen LogP contribution in [-0.4, -0.2) is 16.8 Å². The first kappa shape index (κ1) is 27.9. The molecule has 41 heavy (non-hydrogen) atoms. The van der Waals surface area contributed by atoms with Gasteiger partial charge in [-0.3, -0.25) is 9.59 Å². The van der Waals surface area contributed by atoms with Gasteiger partial charge < -0.3 is 15.4 Å². The largest absolute Gasteiger partial charge is 0.456 e. The number of ether oxygens (including phenoxy) is 1. The van der Waals surface area contributed by atoms with Gasteiger partial charge in [-0.2, -0.15) is 31.6 Å². The van der Waals surface area contributed by atoms with Crippen molar-refractivity contribution in [3.63, 3.8) is 0 Å². The molecule has 2 N–H and O–H groups in total. The van der Waals surface area contributed by atoms with E-state index < -0.39 is 35.0 Å². The second-order valence-corrected chi connectivity index (χ2v) is 10.0. The zero-order valence-corrected chi connectivity index (χ0v) is 21.3. The summed E-state index contributed by atoms with van der Waals surface area (Å²) in [6, 6.07) is 11.8. The van der Waals surface area contributed by atoms with Crippen molar-refractivity contribution >= 4 is 44.2 Å². The lowest BCUT2D eigenvalue weighted by Crippen LogP contribution is -2.19. The summed E-state index contributed by atoms with van der Waals surface area (Å²) in [6.07, 6.45) is -8.97. The van der Waals surface area contributed by atoms with Crippen LogP contribution in [0.3, 0.4) is 0 Å². The highest BCUT2D eigenvalue weighted by Crippen LogP contribution is 2.41. The molecule has 1 aliphatic carbocycles. The average Bonchev–Trinajstić information content (AvgIpc) is 3.68. The lowest BCUT2D eigenvalue weighted by Gasteiger charge is -2.16. The molecule has 14 heteroatoms. The minimum Gasteiger partial charge on any atom is -0.456 e. The Hall–Kier alpha value is -4.64. The molecule has 0 bridgehead atoms. The van der Waals surface area contributed by atoms with Crippen molar-refractivity contribution in [1.82, 2.24) is 4.98 Å². The fourth-order valence-corrected chi connectivity index (χ4v) is 4.86. The molecule has 0 saturated heterocycles. The highest BCUT2D eigenvalue weighted by molar-refractivity contribution is 7.22. The van der Waals surface area contributed by atoms with Crippen molar-refractivity contribution in [3.05, 3.63) is 76.9 Å². The van der Waals surface area contributed by atoms with E-state index in [1.54, 1.807) is 6.07 Å². The van der Waals surface area contributed by atoms with Gasteiger partial charge in [0.05, 0.1) is 21.3 Å². The maximum absolute atomic E-state index is 13.3. The van der Waals surface area contributed by atoms with Gasteiger partial charge >= 0.3 is 12.4 Å². The van der Waals surface area contributed by atoms with E-state index in [2.05, 4.69) is 21.7 Å². The van der Waals surface area contributed by atoms with Gasteiger partial charge in [-0.1, -0.05) is 17.4 Å². The third kappa shape index (κ3) is 6.09. The van der Waals surface area contributed by atoms with Gasteiger partial charge in [0.15, 0.2) is 5.13 Å². The number of alkyl halides is 6. The number of hydrogen-bond acceptors (Lipinski definition) is 6. The molecule has 1 saturated carbocycles. The summed E-state index contributed by atoms with van der Waals surface area (Å²) in [7, 11) is 0. The molecule has 3 aromatic carbocycles. The summed E-state index contributed by atoms with van der Waals surface area (Å²) in [5, 5.41) is 15.2. The Bertz CT molecular complexity index is 1720. The number of nitrogens with zero attached hydrogens (tertiary/aromatic N) is 2. The topological polar surface area (TPSA) is 104 Å². The molecular formula is C27H16F6N4O3S. The Labute approximate surface area is 231 Å². The molecule has 7 nitrogen and oxygen atoms in total. The number of fused-ring (bicyclic) bond motifs is 1. The van der Waals surface area contributed by atoms with Crippen molar-refractivity contribution in [2.24, 2.45) is 5.92 Å². The summed E-state index contributed by atoms with van der Waals surface area (Å²) in [5.41, 5.74) is -3.83. The van der Waals surface area contributed by atoms with Crippen molar-refractivity contribution in [1.29, 1.82) is 5.26 Å². The lowest BCUT2D eigenvalue weighted by atomic mass is 10.0. The molecule has 0 aliphatic heterocycles. The first-order valence-electron chi connectivity index (χ1n) is 11.9. The number of hydrogen-bond donors (Lipinski definition) is 2. The quantitative estimate of drug-likeness (QED) is 0.225. The second kappa shape index (κ2) is 10.4. The first-order chi connectivity index (χ1) is 19.3. The average molecular weight is 591 g/mol. The zero-order valence-electron chi connectivity index (χ0n) is 20.5. The number of aromatic nitrogens is 1. The van der Waals surface area contributed by atoms with Gasteiger partial charge in [0.25, 0.3) is 5.91 Å². The standard InChI is InChI=1S/C27H16F6N4O3S/c28-26(29,30)18-7-6-14(10-19(18)27(31,32)33)24(39)35-15-2-1-3-16(11-15)40-21-9-8-20-22(17(21)12-34)41-25(36-20)37-23(38)13-4-5-13/h1-3,6-11,13H,4-5H2,(H,35,39)(H,36,37,38). The third-order valence-electron chi connectivity index (χ3n) is 6.02. The fourth-order valence-electron chi connectivity index (χ4n) is 3.91. The molecule has 0 atom stereocenters. The normalized spacial score (nSPS) is 13.5. The van der Waals surface area contributed by atoms with Crippen LogP contribution in [0.2, 0.25) is 0 Å². The molecular weight excluding hydrogens is 574 g/mol. The van der Waals surface area contributed by atoms with Gasteiger partial charge in [-0.05, 0) is 55.3 Å². The Morgan fingerprint density at radius 2 is 1.68 bits per heavy atom.